The average molecular weight is 192 g/mol. The maximum absolute atomic E-state index is 5.49. The zero-order valence-corrected chi connectivity index (χ0v) is 8.23. The lowest BCUT2D eigenvalue weighted by molar-refractivity contribution is 0.143. The Bertz CT molecular complexity index is 297. The molecule has 0 spiro atoms. The molecule has 0 N–H and O–H groups in total. The highest BCUT2D eigenvalue weighted by atomic mass is 16.6. The molecule has 4 heteroatoms. The first-order valence-corrected chi connectivity index (χ1v) is 4.77. The van der Waals surface area contributed by atoms with Crippen LogP contribution in [0.15, 0.2) is 24.3 Å². The molecule has 1 aromatic rings. The summed E-state index contributed by atoms with van der Waals surface area (Å²) in [7, 11) is 1.43. The van der Waals surface area contributed by atoms with Crippen molar-refractivity contribution in [1.82, 2.24) is 0 Å². The Morgan fingerprint density at radius 2 is 2.07 bits per heavy atom. The van der Waals surface area contributed by atoms with Gasteiger partial charge in [0.05, 0.1) is 7.11 Å². The molecule has 1 heterocycles. The largest absolute Gasteiger partial charge is 0.497 e. The maximum Gasteiger partial charge on any atom is 0.493 e. The lowest BCUT2D eigenvalue weighted by Crippen LogP contribution is -2.40. The van der Waals surface area contributed by atoms with Gasteiger partial charge in [0.2, 0.25) is 0 Å². The van der Waals surface area contributed by atoms with Gasteiger partial charge in [0.1, 0.15) is 5.75 Å². The van der Waals surface area contributed by atoms with Gasteiger partial charge < -0.3 is 14.0 Å². The van der Waals surface area contributed by atoms with Gasteiger partial charge in [0, 0.05) is 13.2 Å². The van der Waals surface area contributed by atoms with E-state index < -0.39 is 0 Å². The van der Waals surface area contributed by atoms with Crippen LogP contribution in [-0.4, -0.2) is 27.4 Å². The number of hydrogen-bond acceptors (Lipinski definition) is 3. The molecule has 1 fully saturated rings. The standard InChI is InChI=1S/C10H13BO3/c1-12-10-5-2-4-9(8-10)11-13-6-3-7-14-11/h2,4-5,8H,3,6-7H2,1H3. The molecule has 74 valence electrons. The van der Waals surface area contributed by atoms with Gasteiger partial charge in [0.25, 0.3) is 0 Å². The second-order valence-electron chi connectivity index (χ2n) is 3.20. The molecule has 0 atom stereocenters. The van der Waals surface area contributed by atoms with E-state index >= 15 is 0 Å². The molecule has 3 nitrogen and oxygen atoms in total. The summed E-state index contributed by atoms with van der Waals surface area (Å²) >= 11 is 0. The fraction of sp³-hybridized carbons (Fsp3) is 0.400. The third-order valence-corrected chi connectivity index (χ3v) is 2.19. The monoisotopic (exact) mass is 192 g/mol. The zero-order chi connectivity index (χ0) is 9.80. The van der Waals surface area contributed by atoms with E-state index in [0.717, 1.165) is 30.8 Å². The SMILES string of the molecule is COc1cccc(B2OCCCO2)c1. The first kappa shape index (κ1) is 9.56. The number of ether oxygens (including phenoxy) is 1. The van der Waals surface area contributed by atoms with E-state index in [2.05, 4.69) is 0 Å². The van der Waals surface area contributed by atoms with Gasteiger partial charge in [-0.3, -0.25) is 0 Å². The van der Waals surface area contributed by atoms with E-state index in [1.807, 2.05) is 24.3 Å². The highest BCUT2D eigenvalue weighted by Crippen LogP contribution is 2.09. The molecule has 2 rings (SSSR count). The molecule has 1 saturated heterocycles. The van der Waals surface area contributed by atoms with Crippen LogP contribution >= 0.6 is 0 Å². The van der Waals surface area contributed by atoms with Crippen molar-refractivity contribution in [3.05, 3.63) is 24.3 Å². The third kappa shape index (κ3) is 2.08. The van der Waals surface area contributed by atoms with Crippen LogP contribution in [0.3, 0.4) is 0 Å². The van der Waals surface area contributed by atoms with Crippen LogP contribution in [0.5, 0.6) is 5.75 Å². The Hall–Kier alpha value is -0.995. The predicted octanol–water partition coefficient (Wildman–Crippen LogP) is 0.827. The predicted molar refractivity (Wildman–Crippen MR) is 54.9 cm³/mol. The normalized spacial score (nSPS) is 16.8. The average Bonchev–Trinajstić information content (AvgIpc) is 2.30. The lowest BCUT2D eigenvalue weighted by Gasteiger charge is -2.20. The molecule has 1 aliphatic rings. The summed E-state index contributed by atoms with van der Waals surface area (Å²) < 4.78 is 16.1. The van der Waals surface area contributed by atoms with Crippen molar-refractivity contribution in [2.75, 3.05) is 20.3 Å². The quantitative estimate of drug-likeness (QED) is 0.649. The molecule has 1 aliphatic heterocycles. The van der Waals surface area contributed by atoms with E-state index in [0.29, 0.717) is 0 Å². The van der Waals surface area contributed by atoms with Crippen LogP contribution in [0.2, 0.25) is 0 Å². The van der Waals surface area contributed by atoms with Crippen molar-refractivity contribution in [2.45, 2.75) is 6.42 Å². The first-order valence-electron chi connectivity index (χ1n) is 4.77. The fourth-order valence-electron chi connectivity index (χ4n) is 1.47. The molecule has 0 amide bonds. The van der Waals surface area contributed by atoms with E-state index in [1.165, 1.54) is 0 Å². The van der Waals surface area contributed by atoms with Gasteiger partial charge in [-0.05, 0) is 24.0 Å². The maximum atomic E-state index is 5.49. The molecule has 14 heavy (non-hydrogen) atoms. The van der Waals surface area contributed by atoms with Crippen molar-refractivity contribution in [3.8, 4) is 5.75 Å². The van der Waals surface area contributed by atoms with Gasteiger partial charge >= 0.3 is 7.12 Å². The van der Waals surface area contributed by atoms with E-state index in [-0.39, 0.29) is 7.12 Å². The van der Waals surface area contributed by atoms with Gasteiger partial charge in [0.15, 0.2) is 0 Å². The summed E-state index contributed by atoms with van der Waals surface area (Å²) in [5.41, 5.74) is 1.02. The van der Waals surface area contributed by atoms with Crippen molar-refractivity contribution in [1.29, 1.82) is 0 Å². The Labute approximate surface area is 84.1 Å². The van der Waals surface area contributed by atoms with E-state index in [1.54, 1.807) is 7.11 Å². The van der Waals surface area contributed by atoms with Crippen LogP contribution in [-0.2, 0) is 9.31 Å². The minimum absolute atomic E-state index is 0.223. The van der Waals surface area contributed by atoms with Gasteiger partial charge in [-0.2, -0.15) is 0 Å². The second-order valence-corrected chi connectivity index (χ2v) is 3.20. The van der Waals surface area contributed by atoms with E-state index in [9.17, 15) is 0 Å². The summed E-state index contributed by atoms with van der Waals surface area (Å²) in [6.45, 7) is 1.53. The smallest absolute Gasteiger partial charge is 0.493 e. The molecule has 0 saturated carbocycles. The third-order valence-electron chi connectivity index (χ3n) is 2.19. The molecule has 0 radical (unpaired) electrons. The fourth-order valence-corrected chi connectivity index (χ4v) is 1.47. The summed E-state index contributed by atoms with van der Waals surface area (Å²) in [6, 6.07) is 7.77. The Morgan fingerprint density at radius 1 is 1.29 bits per heavy atom. The van der Waals surface area contributed by atoms with E-state index in [4.69, 9.17) is 14.0 Å². The number of methoxy groups -OCH3 is 1. The Balaban J connectivity index is 2.13. The van der Waals surface area contributed by atoms with Gasteiger partial charge in [-0.15, -0.1) is 0 Å². The molecule has 0 unspecified atom stereocenters. The molecular formula is C10H13BO3. The highest BCUT2D eigenvalue weighted by molar-refractivity contribution is 6.61. The lowest BCUT2D eigenvalue weighted by atomic mass is 9.78. The highest BCUT2D eigenvalue weighted by Gasteiger charge is 2.24. The van der Waals surface area contributed by atoms with Crippen molar-refractivity contribution in [2.24, 2.45) is 0 Å². The summed E-state index contributed by atoms with van der Waals surface area (Å²) in [6.07, 6.45) is 0.973. The number of benzene rings is 1. The van der Waals surface area contributed by atoms with Crippen molar-refractivity contribution < 1.29 is 14.0 Å². The van der Waals surface area contributed by atoms with Crippen LogP contribution in [0.4, 0.5) is 0 Å². The molecule has 1 aromatic carbocycles. The molecule has 0 aliphatic carbocycles. The van der Waals surface area contributed by atoms with Crippen LogP contribution < -0.4 is 10.2 Å². The second kappa shape index (κ2) is 4.48. The van der Waals surface area contributed by atoms with Crippen LogP contribution in [0.25, 0.3) is 0 Å². The van der Waals surface area contributed by atoms with Crippen molar-refractivity contribution in [3.63, 3.8) is 0 Å². The van der Waals surface area contributed by atoms with Crippen LogP contribution in [0.1, 0.15) is 6.42 Å². The number of hydrogen-bond donors (Lipinski definition) is 0. The minimum Gasteiger partial charge on any atom is -0.497 e. The summed E-state index contributed by atoms with van der Waals surface area (Å²) in [5.74, 6) is 0.834. The summed E-state index contributed by atoms with van der Waals surface area (Å²) in [5, 5.41) is 0. The zero-order valence-electron chi connectivity index (χ0n) is 8.23. The summed E-state index contributed by atoms with van der Waals surface area (Å²) in [4.78, 5) is 0. The van der Waals surface area contributed by atoms with Crippen molar-refractivity contribution >= 4 is 12.6 Å². The Morgan fingerprint density at radius 3 is 2.79 bits per heavy atom. The van der Waals surface area contributed by atoms with Gasteiger partial charge in [-0.1, -0.05) is 12.1 Å². The Kier molecular flexibility index (Phi) is 3.06. The van der Waals surface area contributed by atoms with Crippen LogP contribution in [0, 0.1) is 0 Å². The molecular weight excluding hydrogens is 179 g/mol. The first-order chi connectivity index (χ1) is 6.90. The van der Waals surface area contributed by atoms with Gasteiger partial charge in [-0.25, -0.2) is 0 Å². The minimum atomic E-state index is -0.223. The molecule has 0 aromatic heterocycles. The molecule has 0 bridgehead atoms. The number of rotatable bonds is 2. The topological polar surface area (TPSA) is 27.7 Å².